The van der Waals surface area contributed by atoms with Gasteiger partial charge in [0.15, 0.2) is 0 Å². The Bertz CT molecular complexity index is 454. The molecule has 2 N–H and O–H groups in total. The van der Waals surface area contributed by atoms with Crippen molar-refractivity contribution in [1.82, 2.24) is 10.6 Å². The van der Waals surface area contributed by atoms with Crippen molar-refractivity contribution in [2.45, 2.75) is 0 Å². The number of carbonyl (C=O) groups excluding carboxylic acids is 2. The molecule has 6 heteroatoms. The molecule has 19 heavy (non-hydrogen) atoms. The van der Waals surface area contributed by atoms with E-state index in [1.807, 2.05) is 24.3 Å². The lowest BCUT2D eigenvalue weighted by Crippen LogP contribution is -2.36. The van der Waals surface area contributed by atoms with Gasteiger partial charge in [-0.1, -0.05) is 12.1 Å². The van der Waals surface area contributed by atoms with Crippen molar-refractivity contribution < 1.29 is 19.1 Å². The zero-order valence-electron chi connectivity index (χ0n) is 10.8. The van der Waals surface area contributed by atoms with Crippen molar-refractivity contribution in [2.24, 2.45) is 0 Å². The monoisotopic (exact) mass is 264 g/mol. The predicted octanol–water partition coefficient (Wildman–Crippen LogP) is 1.14. The average Bonchev–Trinajstić information content (AvgIpc) is 2.45. The first kappa shape index (κ1) is 14.6. The lowest BCUT2D eigenvalue weighted by molar-refractivity contribution is -0.139. The predicted molar refractivity (Wildman–Crippen MR) is 70.6 cm³/mol. The maximum absolute atomic E-state index is 11.3. The Morgan fingerprint density at radius 2 is 1.89 bits per heavy atom. The first-order chi connectivity index (χ1) is 9.15. The molecule has 0 aliphatic heterocycles. The summed E-state index contributed by atoms with van der Waals surface area (Å²) in [6.45, 7) is -0.168. The van der Waals surface area contributed by atoms with Gasteiger partial charge in [0.05, 0.1) is 14.2 Å². The highest BCUT2D eigenvalue weighted by Gasteiger charge is 2.02. The van der Waals surface area contributed by atoms with E-state index in [-0.39, 0.29) is 6.54 Å². The van der Waals surface area contributed by atoms with Crippen LogP contribution in [0.2, 0.25) is 0 Å². The van der Waals surface area contributed by atoms with E-state index >= 15 is 0 Å². The number of methoxy groups -OCH3 is 2. The van der Waals surface area contributed by atoms with Crippen molar-refractivity contribution in [3.8, 4) is 5.75 Å². The molecular weight excluding hydrogens is 248 g/mol. The van der Waals surface area contributed by atoms with E-state index in [1.165, 1.54) is 13.3 Å². The number of rotatable bonds is 5. The van der Waals surface area contributed by atoms with Gasteiger partial charge >= 0.3 is 12.0 Å². The maximum atomic E-state index is 11.3. The molecule has 1 aromatic rings. The van der Waals surface area contributed by atoms with Crippen molar-refractivity contribution in [2.75, 3.05) is 20.8 Å². The highest BCUT2D eigenvalue weighted by atomic mass is 16.5. The van der Waals surface area contributed by atoms with Gasteiger partial charge in [0.25, 0.3) is 0 Å². The van der Waals surface area contributed by atoms with E-state index < -0.39 is 12.0 Å². The van der Waals surface area contributed by atoms with Gasteiger partial charge in [0.2, 0.25) is 0 Å². The molecule has 102 valence electrons. The molecule has 0 aliphatic carbocycles. The molecule has 2 amide bonds. The van der Waals surface area contributed by atoms with Crippen LogP contribution in [0, 0.1) is 0 Å². The van der Waals surface area contributed by atoms with E-state index in [4.69, 9.17) is 4.74 Å². The van der Waals surface area contributed by atoms with Gasteiger partial charge in [-0.3, -0.25) is 4.79 Å². The fourth-order valence-corrected chi connectivity index (χ4v) is 1.20. The van der Waals surface area contributed by atoms with Gasteiger partial charge < -0.3 is 20.1 Å². The van der Waals surface area contributed by atoms with Crippen molar-refractivity contribution >= 4 is 18.1 Å². The Balaban J connectivity index is 2.36. The molecule has 0 radical (unpaired) electrons. The van der Waals surface area contributed by atoms with Crippen LogP contribution in [0.15, 0.2) is 30.5 Å². The molecule has 1 rings (SSSR count). The average molecular weight is 264 g/mol. The lowest BCUT2D eigenvalue weighted by atomic mass is 10.2. The standard InChI is InChI=1S/C13H16N2O4/c1-18-11-5-3-10(4-6-11)7-8-14-13(17)15-9-12(16)19-2/h3-8H,9H2,1-2H3,(H2,14,15,17)/b8-7+. The highest BCUT2D eigenvalue weighted by Crippen LogP contribution is 2.11. The number of urea groups is 1. The summed E-state index contributed by atoms with van der Waals surface area (Å²) in [4.78, 5) is 22.0. The highest BCUT2D eigenvalue weighted by molar-refractivity contribution is 5.81. The number of amides is 2. The SMILES string of the molecule is COC(=O)CNC(=O)N/C=C/c1ccc(OC)cc1. The molecule has 0 aromatic heterocycles. The molecule has 0 aliphatic rings. The van der Waals surface area contributed by atoms with E-state index in [0.29, 0.717) is 0 Å². The molecule has 6 nitrogen and oxygen atoms in total. The first-order valence-electron chi connectivity index (χ1n) is 5.57. The minimum absolute atomic E-state index is 0.168. The summed E-state index contributed by atoms with van der Waals surface area (Å²) in [5.41, 5.74) is 0.911. The van der Waals surface area contributed by atoms with E-state index in [2.05, 4.69) is 15.4 Å². The summed E-state index contributed by atoms with van der Waals surface area (Å²) in [7, 11) is 2.85. The summed E-state index contributed by atoms with van der Waals surface area (Å²) in [6, 6.07) is 6.86. The van der Waals surface area contributed by atoms with Crippen LogP contribution in [0.4, 0.5) is 4.79 Å². The van der Waals surface area contributed by atoms with Crippen LogP contribution in [0.1, 0.15) is 5.56 Å². The molecule has 0 unspecified atom stereocenters. The van der Waals surface area contributed by atoms with Crippen molar-refractivity contribution in [1.29, 1.82) is 0 Å². The number of esters is 1. The summed E-state index contributed by atoms with van der Waals surface area (Å²) in [6.07, 6.45) is 3.20. The first-order valence-corrected chi connectivity index (χ1v) is 5.57. The maximum Gasteiger partial charge on any atom is 0.325 e. The van der Waals surface area contributed by atoms with Crippen LogP contribution < -0.4 is 15.4 Å². The van der Waals surface area contributed by atoms with Crippen molar-refractivity contribution in [3.63, 3.8) is 0 Å². The fraction of sp³-hybridized carbons (Fsp3) is 0.231. The smallest absolute Gasteiger partial charge is 0.325 e. The van der Waals surface area contributed by atoms with Crippen LogP contribution in [0.25, 0.3) is 6.08 Å². The molecule has 0 bridgehead atoms. The lowest BCUT2D eigenvalue weighted by Gasteiger charge is -2.03. The molecule has 0 fully saturated rings. The topological polar surface area (TPSA) is 76.7 Å². The number of hydrogen-bond donors (Lipinski definition) is 2. The molecule has 0 saturated carbocycles. The summed E-state index contributed by atoms with van der Waals surface area (Å²) >= 11 is 0. The largest absolute Gasteiger partial charge is 0.497 e. The molecule has 0 heterocycles. The second kappa shape index (κ2) is 7.75. The Morgan fingerprint density at radius 1 is 1.21 bits per heavy atom. The number of hydrogen-bond acceptors (Lipinski definition) is 4. The third kappa shape index (κ3) is 5.58. The quantitative estimate of drug-likeness (QED) is 0.782. The summed E-state index contributed by atoms with van der Waals surface area (Å²) in [5, 5.41) is 4.81. The van der Waals surface area contributed by atoms with Gasteiger partial charge in [-0.05, 0) is 23.8 Å². The van der Waals surface area contributed by atoms with E-state index in [9.17, 15) is 9.59 Å². The number of carbonyl (C=O) groups is 2. The zero-order chi connectivity index (χ0) is 14.1. The van der Waals surface area contributed by atoms with Gasteiger partial charge in [0, 0.05) is 6.20 Å². The number of benzene rings is 1. The van der Waals surface area contributed by atoms with Crippen LogP contribution in [0.5, 0.6) is 5.75 Å². The number of nitrogens with one attached hydrogen (secondary N) is 2. The minimum atomic E-state index is -0.505. The van der Waals surface area contributed by atoms with Gasteiger partial charge in [-0.15, -0.1) is 0 Å². The van der Waals surface area contributed by atoms with Crippen LogP contribution >= 0.6 is 0 Å². The Hall–Kier alpha value is -2.50. The second-order valence-corrected chi connectivity index (χ2v) is 3.51. The molecular formula is C13H16N2O4. The normalized spacial score (nSPS) is 10.0. The second-order valence-electron chi connectivity index (χ2n) is 3.51. The van der Waals surface area contributed by atoms with Crippen LogP contribution in [-0.4, -0.2) is 32.8 Å². The number of ether oxygens (including phenoxy) is 2. The van der Waals surface area contributed by atoms with Crippen molar-refractivity contribution in [3.05, 3.63) is 36.0 Å². The summed E-state index contributed by atoms with van der Waals surface area (Å²) < 4.78 is 9.41. The summed E-state index contributed by atoms with van der Waals surface area (Å²) in [5.74, 6) is 0.259. The molecule has 0 atom stereocenters. The molecule has 0 spiro atoms. The van der Waals surface area contributed by atoms with Crippen LogP contribution in [0.3, 0.4) is 0 Å². The minimum Gasteiger partial charge on any atom is -0.497 e. The van der Waals surface area contributed by atoms with E-state index in [0.717, 1.165) is 11.3 Å². The third-order valence-corrected chi connectivity index (χ3v) is 2.23. The Labute approximate surface area is 111 Å². The Morgan fingerprint density at radius 3 is 2.47 bits per heavy atom. The third-order valence-electron chi connectivity index (χ3n) is 2.23. The fourth-order valence-electron chi connectivity index (χ4n) is 1.20. The van der Waals surface area contributed by atoms with E-state index in [1.54, 1.807) is 13.2 Å². The molecule has 0 saturated heterocycles. The van der Waals surface area contributed by atoms with Gasteiger partial charge in [0.1, 0.15) is 12.3 Å². The zero-order valence-corrected chi connectivity index (χ0v) is 10.8. The van der Waals surface area contributed by atoms with Crippen LogP contribution in [-0.2, 0) is 9.53 Å². The van der Waals surface area contributed by atoms with Gasteiger partial charge in [-0.2, -0.15) is 0 Å². The van der Waals surface area contributed by atoms with Gasteiger partial charge in [-0.25, -0.2) is 4.79 Å². The molecule has 1 aromatic carbocycles. The Kier molecular flexibility index (Phi) is 5.94.